The van der Waals surface area contributed by atoms with Gasteiger partial charge in [0.15, 0.2) is 0 Å². The summed E-state index contributed by atoms with van der Waals surface area (Å²) in [5.41, 5.74) is 20.6. The smallest absolute Gasteiger partial charge is 0.119 e. The summed E-state index contributed by atoms with van der Waals surface area (Å²) in [7, 11) is 3.47. The van der Waals surface area contributed by atoms with Gasteiger partial charge in [0.05, 0.1) is 19.6 Å². The minimum Gasteiger partial charge on any atom is -0.497 e. The fourth-order valence-electron chi connectivity index (χ4n) is 14.2. The molecule has 0 saturated heterocycles. The summed E-state index contributed by atoms with van der Waals surface area (Å²) < 4.78 is 16.5. The van der Waals surface area contributed by atoms with Gasteiger partial charge in [-0.15, -0.1) is 0 Å². The van der Waals surface area contributed by atoms with Crippen molar-refractivity contribution in [1.82, 2.24) is 9.13 Å². The summed E-state index contributed by atoms with van der Waals surface area (Å²) >= 11 is 3.61. The molecular weight excluding hydrogens is 1100 g/mol. The fraction of sp³-hybridized carbons (Fsp3) is 0.0886. The lowest BCUT2D eigenvalue weighted by Crippen LogP contribution is -2.26. The van der Waals surface area contributed by atoms with Gasteiger partial charge >= 0.3 is 0 Å². The van der Waals surface area contributed by atoms with Crippen LogP contribution in [0.25, 0.3) is 65.9 Å². The molecule has 0 bridgehead atoms. The van der Waals surface area contributed by atoms with Crippen LogP contribution >= 0.6 is 23.5 Å². The van der Waals surface area contributed by atoms with Crippen LogP contribution in [0.3, 0.4) is 0 Å². The number of anilines is 6. The monoisotopic (exact) mass is 1160 g/mol. The van der Waals surface area contributed by atoms with Crippen LogP contribution in [0.5, 0.6) is 11.5 Å². The first kappa shape index (κ1) is 52.7. The summed E-state index contributed by atoms with van der Waals surface area (Å²) in [6.07, 6.45) is 0. The van der Waals surface area contributed by atoms with E-state index in [2.05, 4.69) is 300 Å². The maximum absolute atomic E-state index is 5.78. The summed E-state index contributed by atoms with van der Waals surface area (Å²) in [6, 6.07) is 98.9. The second kappa shape index (κ2) is 21.3. The topological polar surface area (TPSA) is 34.8 Å². The van der Waals surface area contributed by atoms with Crippen LogP contribution in [0, 0.1) is 0 Å². The van der Waals surface area contributed by atoms with Crippen molar-refractivity contribution in [2.24, 2.45) is 0 Å². The third-order valence-electron chi connectivity index (χ3n) is 18.0. The van der Waals surface area contributed by atoms with Gasteiger partial charge in [-0.2, -0.15) is 0 Å². The van der Waals surface area contributed by atoms with Gasteiger partial charge in [0.25, 0.3) is 0 Å². The third kappa shape index (κ3) is 8.48. The quantitative estimate of drug-likeness (QED) is 0.108. The molecular formula is C79H60N4O2S2. The number of ether oxygens (including phenoxy) is 2. The van der Waals surface area contributed by atoms with Crippen molar-refractivity contribution in [2.45, 2.75) is 51.9 Å². The largest absolute Gasteiger partial charge is 0.497 e. The maximum atomic E-state index is 5.78. The average molecular weight is 1160 g/mol. The molecule has 12 aromatic carbocycles. The molecule has 0 amide bonds. The minimum atomic E-state index is -0.669. The summed E-state index contributed by atoms with van der Waals surface area (Å²) in [6.45, 7) is 6.21. The lowest BCUT2D eigenvalue weighted by Gasteiger charge is -2.33. The molecule has 14 aromatic rings. The molecule has 2 aromatic heterocycles. The summed E-state index contributed by atoms with van der Waals surface area (Å²) in [5, 5.41) is 4.92. The second-order valence-corrected chi connectivity index (χ2v) is 24.7. The first-order valence-corrected chi connectivity index (χ1v) is 31.5. The van der Waals surface area contributed by atoms with Crippen molar-refractivity contribution in [3.05, 3.63) is 289 Å². The standard InChI is InChI=1S/C79H60N4O2S2/c1-5-80-75-41-31-53(45-67(75)69-49-61(37-43-77(69)80)86-59-17-9-7-10-18-59)82(51-25-33-57(84-3)34-26-51)55-29-39-65-66-40-30-56(48-74(66)79(73(65)47-55)71-23-15-13-21-63(71)64-22-14-16-24-72(64)79)83(52-27-35-58(85-4)36-28-52)54-32-42-76-68(46-54)70-50-62(38-44-78(70)81(76)6-2)87-60-19-11-8-12-20-60/h7-50H,5-6H2,1-4H3. The number of fused-ring (bicyclic) bond motifs is 16. The van der Waals surface area contributed by atoms with E-state index >= 15 is 0 Å². The van der Waals surface area contributed by atoms with E-state index in [1.54, 1.807) is 37.7 Å². The van der Waals surface area contributed by atoms with Crippen molar-refractivity contribution in [3.63, 3.8) is 0 Å². The molecule has 0 atom stereocenters. The van der Waals surface area contributed by atoms with E-state index in [-0.39, 0.29) is 0 Å². The molecule has 0 aliphatic heterocycles. The van der Waals surface area contributed by atoms with Crippen LogP contribution in [0.4, 0.5) is 34.1 Å². The number of benzene rings is 12. The number of aryl methyl sites for hydroxylation is 2. The average Bonchev–Trinajstić information content (AvgIpc) is 1.52. The number of nitrogens with zero attached hydrogens (tertiary/aromatic N) is 4. The van der Waals surface area contributed by atoms with Crippen LogP contribution in [-0.2, 0) is 18.5 Å². The SMILES string of the molecule is CCn1c2ccc(Sc3ccccc3)cc2c2cc(N(c3ccc(OC)cc3)c3ccc4c(c3)C3(c5ccccc5-c5ccccc53)c3cc(N(c5ccc(OC)cc5)c5ccc6c(c5)c5cc(Sc7ccccc7)ccc5n6CC)ccc3-4)ccc21. The second-order valence-electron chi connectivity index (χ2n) is 22.4. The zero-order chi connectivity index (χ0) is 58.3. The molecule has 0 unspecified atom stereocenters. The molecule has 8 heteroatoms. The van der Waals surface area contributed by atoms with E-state index in [4.69, 9.17) is 9.47 Å². The zero-order valence-corrected chi connectivity index (χ0v) is 50.4. The van der Waals surface area contributed by atoms with E-state index < -0.39 is 5.41 Å². The Balaban J connectivity index is 0.892. The highest BCUT2D eigenvalue weighted by molar-refractivity contribution is 7.99. The van der Waals surface area contributed by atoms with Crippen molar-refractivity contribution in [2.75, 3.05) is 24.0 Å². The number of hydrogen-bond acceptors (Lipinski definition) is 6. The lowest BCUT2D eigenvalue weighted by molar-refractivity contribution is 0.414. The lowest BCUT2D eigenvalue weighted by atomic mass is 9.70. The molecule has 16 rings (SSSR count). The Labute approximate surface area is 515 Å². The number of methoxy groups -OCH3 is 2. The van der Waals surface area contributed by atoms with Gasteiger partial charge in [-0.25, -0.2) is 0 Å². The number of aromatic nitrogens is 2. The molecule has 6 nitrogen and oxygen atoms in total. The van der Waals surface area contributed by atoms with Crippen LogP contribution in [0.2, 0.25) is 0 Å². The summed E-state index contributed by atoms with van der Waals surface area (Å²) in [5.74, 6) is 1.62. The van der Waals surface area contributed by atoms with Crippen molar-refractivity contribution in [1.29, 1.82) is 0 Å². The van der Waals surface area contributed by atoms with Gasteiger partial charge in [0, 0.05) is 110 Å². The molecule has 2 heterocycles. The van der Waals surface area contributed by atoms with E-state index in [9.17, 15) is 0 Å². The van der Waals surface area contributed by atoms with Crippen LogP contribution < -0.4 is 19.3 Å². The van der Waals surface area contributed by atoms with Crippen LogP contribution in [-0.4, -0.2) is 23.4 Å². The normalized spacial score (nSPS) is 12.6. The molecule has 1 spiro atoms. The van der Waals surface area contributed by atoms with Crippen molar-refractivity contribution in [3.8, 4) is 33.8 Å². The Bertz CT molecular complexity index is 4680. The Hall–Kier alpha value is -9.86. The molecule has 2 aliphatic carbocycles. The molecule has 0 radical (unpaired) electrons. The molecule has 420 valence electrons. The molecule has 2 aliphatic rings. The molecule has 0 N–H and O–H groups in total. The molecule has 0 saturated carbocycles. The number of rotatable bonds is 14. The van der Waals surface area contributed by atoms with E-state index in [1.807, 2.05) is 0 Å². The molecule has 87 heavy (non-hydrogen) atoms. The third-order valence-corrected chi connectivity index (χ3v) is 20.0. The van der Waals surface area contributed by atoms with Gasteiger partial charge < -0.3 is 28.4 Å². The van der Waals surface area contributed by atoms with E-state index in [0.29, 0.717) is 0 Å². The first-order valence-electron chi connectivity index (χ1n) is 29.9. The highest BCUT2D eigenvalue weighted by Gasteiger charge is 2.52. The Morgan fingerprint density at radius 2 is 0.644 bits per heavy atom. The van der Waals surface area contributed by atoms with Gasteiger partial charge in [0.2, 0.25) is 0 Å². The van der Waals surface area contributed by atoms with Gasteiger partial charge in [0.1, 0.15) is 11.5 Å². The Kier molecular flexibility index (Phi) is 12.9. The first-order chi connectivity index (χ1) is 42.9. The predicted molar refractivity (Wildman–Crippen MR) is 364 cm³/mol. The predicted octanol–water partition coefficient (Wildman–Crippen LogP) is 21.5. The number of hydrogen-bond donors (Lipinski definition) is 0. The van der Waals surface area contributed by atoms with Crippen LogP contribution in [0.15, 0.2) is 287 Å². The van der Waals surface area contributed by atoms with E-state index in [0.717, 1.165) is 58.7 Å². The van der Waals surface area contributed by atoms with Gasteiger partial charge in [-0.05, 0) is 228 Å². The Morgan fingerprint density at radius 3 is 1.05 bits per heavy atom. The van der Waals surface area contributed by atoms with Crippen LogP contribution in [0.1, 0.15) is 36.1 Å². The minimum absolute atomic E-state index is 0.669. The maximum Gasteiger partial charge on any atom is 0.119 e. The Morgan fingerprint density at radius 1 is 0.310 bits per heavy atom. The van der Waals surface area contributed by atoms with Crippen molar-refractivity contribution >= 4 is 101 Å². The van der Waals surface area contributed by atoms with Crippen molar-refractivity contribution < 1.29 is 9.47 Å². The zero-order valence-electron chi connectivity index (χ0n) is 48.7. The molecule has 0 fully saturated rings. The van der Waals surface area contributed by atoms with Gasteiger partial charge in [-0.3, -0.25) is 0 Å². The van der Waals surface area contributed by atoms with E-state index in [1.165, 1.54) is 108 Å². The van der Waals surface area contributed by atoms with Gasteiger partial charge in [-0.1, -0.05) is 121 Å². The highest BCUT2D eigenvalue weighted by Crippen LogP contribution is 2.64. The fourth-order valence-corrected chi connectivity index (χ4v) is 16.0. The summed E-state index contributed by atoms with van der Waals surface area (Å²) in [4.78, 5) is 9.74. The highest BCUT2D eigenvalue weighted by atomic mass is 32.2.